The van der Waals surface area contributed by atoms with Gasteiger partial charge in [-0.1, -0.05) is 23.7 Å². The fraction of sp³-hybridized carbons (Fsp3) is 0.357. The Kier molecular flexibility index (Phi) is 3.65. The summed E-state index contributed by atoms with van der Waals surface area (Å²) in [5, 5.41) is 1.59. The summed E-state index contributed by atoms with van der Waals surface area (Å²) in [6, 6.07) is 5.09. The first-order valence-electron chi connectivity index (χ1n) is 6.69. The van der Waals surface area contributed by atoms with Crippen LogP contribution in [0.1, 0.15) is 6.92 Å². The Morgan fingerprint density at radius 1 is 1.38 bits per heavy atom. The van der Waals surface area contributed by atoms with Crippen LogP contribution in [-0.4, -0.2) is 36.8 Å². The molecule has 2 heterocycles. The molecule has 1 atom stereocenters. The molecule has 1 aliphatic heterocycles. The molecule has 112 valence electrons. The minimum atomic E-state index is -3.55. The van der Waals surface area contributed by atoms with E-state index in [1.54, 1.807) is 24.4 Å². The van der Waals surface area contributed by atoms with Crippen molar-refractivity contribution in [2.45, 2.75) is 17.9 Å². The standard InChI is InChI=1S/C14H16ClN3O2S/c1-9(16)11-7-18(8-11)21(19,20)13-4-2-3-10-5-17-6-12(15)14(10)13/h2-6,9,11H,7-8,16H2,1H3. The molecule has 2 N–H and O–H groups in total. The summed E-state index contributed by atoms with van der Waals surface area (Å²) in [5.41, 5.74) is 5.81. The molecule has 0 aliphatic carbocycles. The quantitative estimate of drug-likeness (QED) is 0.934. The van der Waals surface area contributed by atoms with E-state index in [0.717, 1.165) is 0 Å². The van der Waals surface area contributed by atoms with Gasteiger partial charge in [0.05, 0.1) is 9.92 Å². The molecule has 0 amide bonds. The molecule has 1 aromatic carbocycles. The lowest BCUT2D eigenvalue weighted by atomic mass is 9.96. The van der Waals surface area contributed by atoms with Gasteiger partial charge in [0, 0.05) is 48.2 Å². The lowest BCUT2D eigenvalue weighted by molar-refractivity contribution is 0.177. The third kappa shape index (κ3) is 2.42. The fourth-order valence-corrected chi connectivity index (χ4v) is 4.62. The molecule has 1 aliphatic rings. The van der Waals surface area contributed by atoms with Crippen molar-refractivity contribution < 1.29 is 8.42 Å². The van der Waals surface area contributed by atoms with Crippen LogP contribution in [0.15, 0.2) is 35.5 Å². The number of hydrogen-bond donors (Lipinski definition) is 1. The van der Waals surface area contributed by atoms with Gasteiger partial charge in [-0.2, -0.15) is 4.31 Å². The SMILES string of the molecule is CC(N)C1CN(S(=O)(=O)c2cccc3cncc(Cl)c23)C1. The number of sulfonamides is 1. The van der Waals surface area contributed by atoms with Crippen LogP contribution < -0.4 is 5.73 Å². The molecule has 5 nitrogen and oxygen atoms in total. The zero-order valence-corrected chi connectivity index (χ0v) is 13.1. The third-order valence-corrected chi connectivity index (χ3v) is 6.10. The summed E-state index contributed by atoms with van der Waals surface area (Å²) >= 11 is 6.15. The Bertz CT molecular complexity index is 781. The number of rotatable bonds is 3. The normalized spacial score (nSPS) is 18.6. The van der Waals surface area contributed by atoms with E-state index < -0.39 is 10.0 Å². The summed E-state index contributed by atoms with van der Waals surface area (Å²) in [5.74, 6) is 0.215. The highest BCUT2D eigenvalue weighted by molar-refractivity contribution is 7.89. The van der Waals surface area contributed by atoms with Gasteiger partial charge in [-0.05, 0) is 13.0 Å². The van der Waals surface area contributed by atoms with E-state index >= 15 is 0 Å². The molecule has 0 bridgehead atoms. The van der Waals surface area contributed by atoms with E-state index in [-0.39, 0.29) is 16.9 Å². The highest BCUT2D eigenvalue weighted by atomic mass is 35.5. The predicted octanol–water partition coefficient (Wildman–Crippen LogP) is 1.86. The Labute approximate surface area is 128 Å². The van der Waals surface area contributed by atoms with E-state index in [1.807, 2.05) is 6.92 Å². The molecule has 3 rings (SSSR count). The number of nitrogens with zero attached hydrogens (tertiary/aromatic N) is 2. The van der Waals surface area contributed by atoms with Crippen molar-refractivity contribution in [2.24, 2.45) is 11.7 Å². The Morgan fingerprint density at radius 3 is 2.76 bits per heavy atom. The van der Waals surface area contributed by atoms with Gasteiger partial charge < -0.3 is 5.73 Å². The van der Waals surface area contributed by atoms with E-state index in [4.69, 9.17) is 17.3 Å². The molecule has 0 radical (unpaired) electrons. The van der Waals surface area contributed by atoms with E-state index in [2.05, 4.69) is 4.98 Å². The maximum absolute atomic E-state index is 12.8. The first-order valence-corrected chi connectivity index (χ1v) is 8.51. The van der Waals surface area contributed by atoms with Gasteiger partial charge in [0.15, 0.2) is 0 Å². The number of aromatic nitrogens is 1. The molecule has 0 saturated carbocycles. The molecule has 1 fully saturated rings. The van der Waals surface area contributed by atoms with Crippen molar-refractivity contribution in [1.82, 2.24) is 9.29 Å². The van der Waals surface area contributed by atoms with Gasteiger partial charge in [-0.15, -0.1) is 0 Å². The van der Waals surface area contributed by atoms with Crippen LogP contribution in [0.2, 0.25) is 5.02 Å². The monoisotopic (exact) mass is 325 g/mol. The number of pyridine rings is 1. The minimum Gasteiger partial charge on any atom is -0.328 e. The highest BCUT2D eigenvalue weighted by Crippen LogP contribution is 2.33. The maximum Gasteiger partial charge on any atom is 0.243 e. The molecule has 7 heteroatoms. The lowest BCUT2D eigenvalue weighted by Crippen LogP contribution is -2.55. The van der Waals surface area contributed by atoms with Crippen LogP contribution in [0.4, 0.5) is 0 Å². The first kappa shape index (κ1) is 14.7. The Balaban J connectivity index is 2.05. The molecule has 1 unspecified atom stereocenters. The summed E-state index contributed by atoms with van der Waals surface area (Å²) < 4.78 is 27.0. The number of fused-ring (bicyclic) bond motifs is 1. The second-order valence-electron chi connectivity index (χ2n) is 5.42. The second kappa shape index (κ2) is 5.21. The van der Waals surface area contributed by atoms with Crippen LogP contribution in [0.25, 0.3) is 10.8 Å². The molecule has 2 aromatic rings. The number of nitrogens with two attached hydrogens (primary N) is 1. The van der Waals surface area contributed by atoms with E-state index in [0.29, 0.717) is 28.9 Å². The third-order valence-electron chi connectivity index (χ3n) is 3.94. The average Bonchev–Trinajstić information content (AvgIpc) is 2.35. The summed E-state index contributed by atoms with van der Waals surface area (Å²) in [6.45, 7) is 2.81. The molecular formula is C14H16ClN3O2S. The lowest BCUT2D eigenvalue weighted by Gasteiger charge is -2.40. The van der Waals surface area contributed by atoms with E-state index in [1.165, 1.54) is 10.5 Å². The van der Waals surface area contributed by atoms with Crippen LogP contribution >= 0.6 is 11.6 Å². The van der Waals surface area contributed by atoms with Crippen molar-refractivity contribution in [3.8, 4) is 0 Å². The first-order chi connectivity index (χ1) is 9.91. The van der Waals surface area contributed by atoms with Crippen molar-refractivity contribution in [2.75, 3.05) is 13.1 Å². The topological polar surface area (TPSA) is 76.3 Å². The largest absolute Gasteiger partial charge is 0.328 e. The van der Waals surface area contributed by atoms with Crippen molar-refractivity contribution in [1.29, 1.82) is 0 Å². The number of halogens is 1. The van der Waals surface area contributed by atoms with Gasteiger partial charge in [0.2, 0.25) is 10.0 Å². The summed E-state index contributed by atoms with van der Waals surface area (Å²) in [4.78, 5) is 4.22. The van der Waals surface area contributed by atoms with E-state index in [9.17, 15) is 8.42 Å². The molecule has 1 aromatic heterocycles. The smallest absolute Gasteiger partial charge is 0.243 e. The van der Waals surface area contributed by atoms with Crippen molar-refractivity contribution in [3.05, 3.63) is 35.6 Å². The Hall–Kier alpha value is -1.21. The van der Waals surface area contributed by atoms with Crippen LogP contribution in [0, 0.1) is 5.92 Å². The van der Waals surface area contributed by atoms with Gasteiger partial charge >= 0.3 is 0 Å². The number of benzene rings is 1. The van der Waals surface area contributed by atoms with Crippen LogP contribution in [0.3, 0.4) is 0 Å². The van der Waals surface area contributed by atoms with Gasteiger partial charge in [-0.3, -0.25) is 4.98 Å². The molecular weight excluding hydrogens is 310 g/mol. The van der Waals surface area contributed by atoms with Gasteiger partial charge in [-0.25, -0.2) is 8.42 Å². The van der Waals surface area contributed by atoms with Crippen molar-refractivity contribution >= 4 is 32.4 Å². The maximum atomic E-state index is 12.8. The summed E-state index contributed by atoms with van der Waals surface area (Å²) in [6.07, 6.45) is 3.07. The number of hydrogen-bond acceptors (Lipinski definition) is 4. The van der Waals surface area contributed by atoms with Crippen LogP contribution in [-0.2, 0) is 10.0 Å². The van der Waals surface area contributed by atoms with Gasteiger partial charge in [0.25, 0.3) is 0 Å². The zero-order chi connectivity index (χ0) is 15.2. The second-order valence-corrected chi connectivity index (χ2v) is 7.73. The zero-order valence-electron chi connectivity index (χ0n) is 11.5. The Morgan fingerprint density at radius 2 is 2.10 bits per heavy atom. The average molecular weight is 326 g/mol. The minimum absolute atomic E-state index is 0.00300. The fourth-order valence-electron chi connectivity index (χ4n) is 2.51. The molecule has 21 heavy (non-hydrogen) atoms. The molecule has 0 spiro atoms. The highest BCUT2D eigenvalue weighted by Gasteiger charge is 2.39. The van der Waals surface area contributed by atoms with Gasteiger partial charge in [0.1, 0.15) is 0 Å². The van der Waals surface area contributed by atoms with Crippen LogP contribution in [0.5, 0.6) is 0 Å². The predicted molar refractivity (Wildman–Crippen MR) is 82.7 cm³/mol. The molecule has 1 saturated heterocycles. The van der Waals surface area contributed by atoms with Crippen molar-refractivity contribution in [3.63, 3.8) is 0 Å². The summed E-state index contributed by atoms with van der Waals surface area (Å²) in [7, 11) is -3.55.